The van der Waals surface area contributed by atoms with Gasteiger partial charge in [-0.25, -0.2) is 19.7 Å². The molecule has 3 N–H and O–H groups in total. The molecule has 0 unspecified atom stereocenters. The summed E-state index contributed by atoms with van der Waals surface area (Å²) in [7, 11) is 0. The standard InChI is InChI=1S/C7H7N5O2/c1-3-10-5-4(8-2-9-5)6(11-3)12-7(13)14/h2H,1H3,(H,13,14)(H2,8,9,10,11,12). The van der Waals surface area contributed by atoms with E-state index in [1.807, 2.05) is 0 Å². The van der Waals surface area contributed by atoms with Crippen molar-refractivity contribution >= 4 is 23.1 Å². The summed E-state index contributed by atoms with van der Waals surface area (Å²) >= 11 is 0. The number of aryl methyl sites for hydroxylation is 1. The fourth-order valence-electron chi connectivity index (χ4n) is 1.13. The third-order valence-electron chi connectivity index (χ3n) is 1.62. The molecule has 0 radical (unpaired) electrons. The average Bonchev–Trinajstić information content (AvgIpc) is 2.50. The molecule has 7 heteroatoms. The highest BCUT2D eigenvalue weighted by Crippen LogP contribution is 2.15. The number of H-pyrrole nitrogens is 1. The van der Waals surface area contributed by atoms with Crippen LogP contribution >= 0.6 is 0 Å². The van der Waals surface area contributed by atoms with Gasteiger partial charge in [-0.2, -0.15) is 0 Å². The van der Waals surface area contributed by atoms with Gasteiger partial charge in [-0.05, 0) is 6.92 Å². The molecule has 0 atom stereocenters. The van der Waals surface area contributed by atoms with Gasteiger partial charge in [0.1, 0.15) is 11.3 Å². The van der Waals surface area contributed by atoms with E-state index < -0.39 is 6.09 Å². The van der Waals surface area contributed by atoms with E-state index in [9.17, 15) is 4.79 Å². The molecule has 2 aromatic rings. The number of rotatable bonds is 1. The van der Waals surface area contributed by atoms with Crippen LogP contribution in [0.1, 0.15) is 5.82 Å². The summed E-state index contributed by atoms with van der Waals surface area (Å²) < 4.78 is 0. The molecule has 2 heterocycles. The Labute approximate surface area is 78.2 Å². The van der Waals surface area contributed by atoms with Gasteiger partial charge in [0, 0.05) is 0 Å². The van der Waals surface area contributed by atoms with Gasteiger partial charge in [0.15, 0.2) is 11.5 Å². The molecule has 72 valence electrons. The van der Waals surface area contributed by atoms with Gasteiger partial charge in [0.05, 0.1) is 6.33 Å². The molecule has 0 aromatic carbocycles. The molecule has 0 aliphatic rings. The Balaban J connectivity index is 2.60. The van der Waals surface area contributed by atoms with Crippen LogP contribution in [0.3, 0.4) is 0 Å². The lowest BCUT2D eigenvalue weighted by Crippen LogP contribution is -2.10. The second kappa shape index (κ2) is 2.95. The normalized spacial score (nSPS) is 10.4. The zero-order chi connectivity index (χ0) is 10.1. The van der Waals surface area contributed by atoms with E-state index in [4.69, 9.17) is 5.11 Å². The predicted octanol–water partition coefficient (Wildman–Crippen LogP) is 0.751. The van der Waals surface area contributed by atoms with Crippen LogP contribution in [0.2, 0.25) is 0 Å². The number of carbonyl (C=O) groups is 1. The Hall–Kier alpha value is -2.18. The summed E-state index contributed by atoms with van der Waals surface area (Å²) in [5, 5.41) is 10.7. The van der Waals surface area contributed by atoms with E-state index in [2.05, 4.69) is 25.3 Å². The van der Waals surface area contributed by atoms with Crippen LogP contribution in [0.25, 0.3) is 11.2 Å². The molecule has 0 saturated carbocycles. The number of imidazole rings is 1. The van der Waals surface area contributed by atoms with Gasteiger partial charge in [0.2, 0.25) is 0 Å². The highest BCUT2D eigenvalue weighted by Gasteiger charge is 2.09. The zero-order valence-corrected chi connectivity index (χ0v) is 7.27. The van der Waals surface area contributed by atoms with Gasteiger partial charge in [-0.3, -0.25) is 5.32 Å². The summed E-state index contributed by atoms with van der Waals surface area (Å²) in [6.07, 6.45) is 0.269. The van der Waals surface area contributed by atoms with Crippen LogP contribution in [0.5, 0.6) is 0 Å². The van der Waals surface area contributed by atoms with Crippen molar-refractivity contribution in [3.63, 3.8) is 0 Å². The largest absolute Gasteiger partial charge is 0.465 e. The molecular weight excluding hydrogens is 186 g/mol. The number of carboxylic acid groups (broad SMARTS) is 1. The summed E-state index contributed by atoms with van der Waals surface area (Å²) in [5.41, 5.74) is 0.930. The first-order valence-corrected chi connectivity index (χ1v) is 3.84. The first-order chi connectivity index (χ1) is 6.66. The van der Waals surface area contributed by atoms with Gasteiger partial charge in [-0.15, -0.1) is 0 Å². The maximum atomic E-state index is 10.4. The van der Waals surface area contributed by atoms with Crippen LogP contribution in [0.15, 0.2) is 6.33 Å². The number of aromatic amines is 1. The monoisotopic (exact) mass is 193 g/mol. The number of amides is 1. The Bertz CT molecular complexity index is 492. The van der Waals surface area contributed by atoms with E-state index >= 15 is 0 Å². The van der Waals surface area contributed by atoms with Crippen molar-refractivity contribution in [2.45, 2.75) is 6.92 Å². The Morgan fingerprint density at radius 2 is 2.36 bits per heavy atom. The van der Waals surface area contributed by atoms with Crippen molar-refractivity contribution in [3.8, 4) is 0 Å². The fourth-order valence-corrected chi connectivity index (χ4v) is 1.13. The zero-order valence-electron chi connectivity index (χ0n) is 7.27. The SMILES string of the molecule is Cc1nc(NC(=O)O)c2[nH]cnc2n1. The average molecular weight is 193 g/mol. The van der Waals surface area contributed by atoms with E-state index in [0.29, 0.717) is 17.0 Å². The van der Waals surface area contributed by atoms with Crippen LogP contribution in [-0.4, -0.2) is 31.1 Å². The molecule has 2 aromatic heterocycles. The van der Waals surface area contributed by atoms with Gasteiger partial charge in [0.25, 0.3) is 0 Å². The first-order valence-electron chi connectivity index (χ1n) is 3.84. The third-order valence-corrected chi connectivity index (χ3v) is 1.62. The summed E-state index contributed by atoms with van der Waals surface area (Å²) in [6.45, 7) is 1.67. The summed E-state index contributed by atoms with van der Waals surface area (Å²) in [6, 6.07) is 0. The Morgan fingerprint density at radius 1 is 1.57 bits per heavy atom. The number of aromatic nitrogens is 4. The van der Waals surface area contributed by atoms with Crippen molar-refractivity contribution < 1.29 is 9.90 Å². The lowest BCUT2D eigenvalue weighted by atomic mass is 10.4. The summed E-state index contributed by atoms with van der Waals surface area (Å²) in [5.74, 6) is 0.686. The van der Waals surface area contributed by atoms with E-state index in [0.717, 1.165) is 0 Å². The van der Waals surface area contributed by atoms with Crippen molar-refractivity contribution in [1.29, 1.82) is 0 Å². The van der Waals surface area contributed by atoms with Crippen molar-refractivity contribution in [3.05, 3.63) is 12.2 Å². The van der Waals surface area contributed by atoms with Gasteiger partial charge in [-0.1, -0.05) is 0 Å². The number of fused-ring (bicyclic) bond motifs is 1. The molecule has 2 rings (SSSR count). The molecule has 0 bridgehead atoms. The van der Waals surface area contributed by atoms with Crippen molar-refractivity contribution in [1.82, 2.24) is 19.9 Å². The third kappa shape index (κ3) is 1.35. The highest BCUT2D eigenvalue weighted by atomic mass is 16.4. The minimum Gasteiger partial charge on any atom is -0.465 e. The van der Waals surface area contributed by atoms with Crippen LogP contribution in [0, 0.1) is 6.92 Å². The number of nitrogens with one attached hydrogen (secondary N) is 2. The number of hydrogen-bond donors (Lipinski definition) is 3. The molecule has 0 spiro atoms. The number of hydrogen-bond acceptors (Lipinski definition) is 4. The summed E-state index contributed by atoms with van der Waals surface area (Å²) in [4.78, 5) is 25.1. The lowest BCUT2D eigenvalue weighted by Gasteiger charge is -2.01. The molecule has 1 amide bonds. The predicted molar refractivity (Wildman–Crippen MR) is 48.1 cm³/mol. The number of anilines is 1. The fraction of sp³-hybridized carbons (Fsp3) is 0.143. The Kier molecular flexibility index (Phi) is 1.77. The van der Waals surface area contributed by atoms with E-state index in [1.54, 1.807) is 6.92 Å². The smallest absolute Gasteiger partial charge is 0.410 e. The highest BCUT2D eigenvalue weighted by molar-refractivity contribution is 5.92. The van der Waals surface area contributed by atoms with Crippen molar-refractivity contribution in [2.24, 2.45) is 0 Å². The second-order valence-electron chi connectivity index (χ2n) is 2.65. The van der Waals surface area contributed by atoms with Gasteiger partial charge >= 0.3 is 6.09 Å². The molecule has 7 nitrogen and oxygen atoms in total. The second-order valence-corrected chi connectivity index (χ2v) is 2.65. The van der Waals surface area contributed by atoms with Crippen LogP contribution in [-0.2, 0) is 0 Å². The minimum absolute atomic E-state index is 0.220. The quantitative estimate of drug-likeness (QED) is 0.620. The van der Waals surface area contributed by atoms with Gasteiger partial charge < -0.3 is 10.1 Å². The molecular formula is C7H7N5O2. The molecule has 0 saturated heterocycles. The van der Waals surface area contributed by atoms with Crippen molar-refractivity contribution in [2.75, 3.05) is 5.32 Å². The topological polar surface area (TPSA) is 104 Å². The first kappa shape index (κ1) is 8.42. The number of nitrogens with zero attached hydrogens (tertiary/aromatic N) is 3. The Morgan fingerprint density at radius 3 is 3.07 bits per heavy atom. The molecule has 0 aliphatic heterocycles. The molecule has 14 heavy (non-hydrogen) atoms. The minimum atomic E-state index is -1.17. The van der Waals surface area contributed by atoms with E-state index in [1.165, 1.54) is 6.33 Å². The molecule has 0 fully saturated rings. The van der Waals surface area contributed by atoms with Crippen LogP contribution < -0.4 is 5.32 Å². The van der Waals surface area contributed by atoms with E-state index in [-0.39, 0.29) is 5.82 Å². The lowest BCUT2D eigenvalue weighted by molar-refractivity contribution is 0.209. The maximum Gasteiger partial charge on any atom is 0.410 e. The molecule has 0 aliphatic carbocycles. The van der Waals surface area contributed by atoms with Crippen LogP contribution in [0.4, 0.5) is 10.6 Å². The maximum absolute atomic E-state index is 10.4.